The van der Waals surface area contributed by atoms with Crippen LogP contribution in [-0.4, -0.2) is 15.8 Å². The van der Waals surface area contributed by atoms with Crippen LogP contribution in [0.15, 0.2) is 30.5 Å². The number of nitrogens with zero attached hydrogens (tertiary/aromatic N) is 2. The second kappa shape index (κ2) is 8.23. The van der Waals surface area contributed by atoms with E-state index in [1.54, 1.807) is 22.7 Å². The summed E-state index contributed by atoms with van der Waals surface area (Å²) in [6, 6.07) is 8.39. The molecule has 0 amide bonds. The standard InChI is InChI=1S/C21H24N2OS2/c1-13(2)11-18-19(23-21(26-18)20-22-12-15(4)25-20)17(24)10-9-16-7-5-14(3)6-8-16/h5-8,12-13H,9-11H2,1-4H3. The topological polar surface area (TPSA) is 42.9 Å². The van der Waals surface area contributed by atoms with Gasteiger partial charge in [-0.2, -0.15) is 0 Å². The van der Waals surface area contributed by atoms with Crippen molar-refractivity contribution in [1.29, 1.82) is 0 Å². The second-order valence-corrected chi connectivity index (χ2v) is 9.39. The molecule has 0 aliphatic heterocycles. The van der Waals surface area contributed by atoms with Crippen molar-refractivity contribution >= 4 is 28.5 Å². The molecule has 2 aromatic heterocycles. The van der Waals surface area contributed by atoms with Crippen molar-refractivity contribution in [3.63, 3.8) is 0 Å². The third kappa shape index (κ3) is 4.65. The maximum absolute atomic E-state index is 12.9. The highest BCUT2D eigenvalue weighted by Crippen LogP contribution is 2.33. The number of benzene rings is 1. The molecule has 5 heteroatoms. The van der Waals surface area contributed by atoms with Crippen molar-refractivity contribution in [2.24, 2.45) is 5.92 Å². The molecule has 0 aliphatic carbocycles. The lowest BCUT2D eigenvalue weighted by molar-refractivity contribution is 0.0978. The van der Waals surface area contributed by atoms with E-state index in [1.165, 1.54) is 11.1 Å². The van der Waals surface area contributed by atoms with Gasteiger partial charge in [0.05, 0.1) is 0 Å². The van der Waals surface area contributed by atoms with Crippen molar-refractivity contribution in [3.05, 3.63) is 57.0 Å². The molecule has 1 aromatic carbocycles. The van der Waals surface area contributed by atoms with Crippen LogP contribution in [0.1, 0.15) is 51.6 Å². The Morgan fingerprint density at radius 2 is 1.81 bits per heavy atom. The average molecular weight is 385 g/mol. The first-order valence-corrected chi connectivity index (χ1v) is 10.6. The maximum Gasteiger partial charge on any atom is 0.182 e. The maximum atomic E-state index is 12.9. The van der Waals surface area contributed by atoms with E-state index in [4.69, 9.17) is 4.98 Å². The molecule has 3 aromatic rings. The first-order valence-electron chi connectivity index (χ1n) is 8.93. The molecule has 136 valence electrons. The predicted octanol–water partition coefficient (Wildman–Crippen LogP) is 5.90. The summed E-state index contributed by atoms with van der Waals surface area (Å²) in [5.74, 6) is 0.627. The van der Waals surface area contributed by atoms with E-state index < -0.39 is 0 Å². The lowest BCUT2D eigenvalue weighted by Gasteiger charge is -2.05. The Labute approximate surface area is 163 Å². The van der Waals surface area contributed by atoms with E-state index in [1.807, 2.05) is 13.1 Å². The van der Waals surface area contributed by atoms with Crippen molar-refractivity contribution < 1.29 is 4.79 Å². The number of Topliss-reactive ketones (excluding diaryl/α,β-unsaturated/α-hetero) is 1. The average Bonchev–Trinajstić information content (AvgIpc) is 3.20. The molecule has 0 spiro atoms. The van der Waals surface area contributed by atoms with Gasteiger partial charge < -0.3 is 0 Å². The van der Waals surface area contributed by atoms with Crippen LogP contribution in [0.5, 0.6) is 0 Å². The van der Waals surface area contributed by atoms with E-state index >= 15 is 0 Å². The summed E-state index contributed by atoms with van der Waals surface area (Å²) in [5, 5.41) is 1.78. The number of aryl methyl sites for hydroxylation is 3. The molecule has 0 saturated heterocycles. The van der Waals surface area contributed by atoms with Crippen molar-refractivity contribution in [3.8, 4) is 10.0 Å². The summed E-state index contributed by atoms with van der Waals surface area (Å²) in [4.78, 5) is 24.2. The number of ketones is 1. The molecule has 3 rings (SSSR count). The van der Waals surface area contributed by atoms with Gasteiger partial charge in [-0.15, -0.1) is 22.7 Å². The number of carbonyl (C=O) groups excluding carboxylic acids is 1. The molecule has 0 saturated carbocycles. The molecule has 0 unspecified atom stereocenters. The van der Waals surface area contributed by atoms with Gasteiger partial charge in [0, 0.05) is 22.4 Å². The minimum Gasteiger partial charge on any atom is -0.292 e. The van der Waals surface area contributed by atoms with E-state index in [2.05, 4.69) is 50.0 Å². The number of aromatic nitrogens is 2. The summed E-state index contributed by atoms with van der Waals surface area (Å²) in [6.45, 7) is 8.46. The Kier molecular flexibility index (Phi) is 5.99. The zero-order chi connectivity index (χ0) is 18.7. The van der Waals surface area contributed by atoms with Gasteiger partial charge in [-0.3, -0.25) is 4.79 Å². The van der Waals surface area contributed by atoms with Crippen LogP contribution in [-0.2, 0) is 12.8 Å². The molecule has 2 heterocycles. The summed E-state index contributed by atoms with van der Waals surface area (Å²) < 4.78 is 0. The van der Waals surface area contributed by atoms with Crippen LogP contribution in [0.25, 0.3) is 10.0 Å². The fourth-order valence-corrected chi connectivity index (χ4v) is 4.84. The minimum atomic E-state index is 0.136. The Morgan fingerprint density at radius 3 is 2.42 bits per heavy atom. The quantitative estimate of drug-likeness (QED) is 0.476. The lowest BCUT2D eigenvalue weighted by Crippen LogP contribution is -2.06. The molecule has 0 bridgehead atoms. The van der Waals surface area contributed by atoms with Crippen molar-refractivity contribution in [2.75, 3.05) is 0 Å². The van der Waals surface area contributed by atoms with Crippen LogP contribution in [0, 0.1) is 19.8 Å². The zero-order valence-electron chi connectivity index (χ0n) is 15.7. The molecule has 0 radical (unpaired) electrons. The van der Waals surface area contributed by atoms with Crippen LogP contribution in [0.3, 0.4) is 0 Å². The summed E-state index contributed by atoms with van der Waals surface area (Å²) in [7, 11) is 0. The van der Waals surface area contributed by atoms with Gasteiger partial charge in [0.2, 0.25) is 0 Å². The zero-order valence-corrected chi connectivity index (χ0v) is 17.3. The highest BCUT2D eigenvalue weighted by Gasteiger charge is 2.20. The molecule has 3 nitrogen and oxygen atoms in total. The van der Waals surface area contributed by atoms with Crippen molar-refractivity contribution in [1.82, 2.24) is 9.97 Å². The number of thiazole rings is 2. The summed E-state index contributed by atoms with van der Waals surface area (Å²) in [6.07, 6.45) is 3.99. The number of hydrogen-bond acceptors (Lipinski definition) is 5. The monoisotopic (exact) mass is 384 g/mol. The summed E-state index contributed by atoms with van der Waals surface area (Å²) in [5.41, 5.74) is 3.08. The lowest BCUT2D eigenvalue weighted by atomic mass is 10.0. The van der Waals surface area contributed by atoms with E-state index in [9.17, 15) is 4.79 Å². The predicted molar refractivity (Wildman–Crippen MR) is 110 cm³/mol. The van der Waals surface area contributed by atoms with Gasteiger partial charge >= 0.3 is 0 Å². The number of hydrogen-bond donors (Lipinski definition) is 0. The second-order valence-electron chi connectivity index (χ2n) is 7.07. The summed E-state index contributed by atoms with van der Waals surface area (Å²) >= 11 is 3.25. The first kappa shape index (κ1) is 18.9. The van der Waals surface area contributed by atoms with Gasteiger partial charge in [-0.1, -0.05) is 43.7 Å². The third-order valence-electron chi connectivity index (χ3n) is 4.12. The molecular weight excluding hydrogens is 360 g/mol. The van der Waals surface area contributed by atoms with Crippen LogP contribution in [0.4, 0.5) is 0 Å². The number of rotatable bonds is 7. The van der Waals surface area contributed by atoms with E-state index in [-0.39, 0.29) is 5.78 Å². The van der Waals surface area contributed by atoms with Crippen LogP contribution in [0.2, 0.25) is 0 Å². The first-order chi connectivity index (χ1) is 12.4. The molecule has 0 aliphatic rings. The smallest absolute Gasteiger partial charge is 0.182 e. The minimum absolute atomic E-state index is 0.136. The van der Waals surface area contributed by atoms with E-state index in [0.717, 1.165) is 32.6 Å². The van der Waals surface area contributed by atoms with Gasteiger partial charge in [0.15, 0.2) is 15.8 Å². The molecular formula is C21H24N2OS2. The Hall–Kier alpha value is -1.85. The Bertz CT molecular complexity index is 891. The van der Waals surface area contributed by atoms with Gasteiger partial charge in [0.1, 0.15) is 5.69 Å². The van der Waals surface area contributed by atoms with Crippen molar-refractivity contribution in [2.45, 2.75) is 47.0 Å². The highest BCUT2D eigenvalue weighted by molar-refractivity contribution is 7.21. The van der Waals surface area contributed by atoms with Gasteiger partial charge in [-0.25, -0.2) is 9.97 Å². The van der Waals surface area contributed by atoms with Crippen LogP contribution < -0.4 is 0 Å². The SMILES string of the molecule is Cc1ccc(CCC(=O)c2nc(-c3ncc(C)s3)sc2CC(C)C)cc1. The van der Waals surface area contributed by atoms with Gasteiger partial charge in [-0.05, 0) is 38.2 Å². The fourth-order valence-electron chi connectivity index (χ4n) is 2.75. The number of carbonyl (C=O) groups is 1. The Balaban J connectivity index is 1.80. The largest absolute Gasteiger partial charge is 0.292 e. The highest BCUT2D eigenvalue weighted by atomic mass is 32.1. The van der Waals surface area contributed by atoms with E-state index in [0.29, 0.717) is 18.0 Å². The molecule has 0 N–H and O–H groups in total. The van der Waals surface area contributed by atoms with Crippen LogP contribution >= 0.6 is 22.7 Å². The normalized spacial score (nSPS) is 11.3. The molecule has 0 atom stereocenters. The molecule has 26 heavy (non-hydrogen) atoms. The fraction of sp³-hybridized carbons (Fsp3) is 0.381. The molecule has 0 fully saturated rings. The Morgan fingerprint density at radius 1 is 1.08 bits per heavy atom. The van der Waals surface area contributed by atoms with Gasteiger partial charge in [0.25, 0.3) is 0 Å². The third-order valence-corrected chi connectivity index (χ3v) is 6.25.